The van der Waals surface area contributed by atoms with Crippen LogP contribution in [0.15, 0.2) is 35.6 Å². The first-order valence-corrected chi connectivity index (χ1v) is 6.18. The Labute approximate surface area is 111 Å². The van der Waals surface area contributed by atoms with Crippen LogP contribution in [0.3, 0.4) is 0 Å². The number of hydrogen-bond donors (Lipinski definition) is 1. The number of hydrogen-bond acceptors (Lipinski definition) is 5. The zero-order valence-electron chi connectivity index (χ0n) is 10.6. The van der Waals surface area contributed by atoms with Crippen LogP contribution in [0.1, 0.15) is 18.1 Å². The third-order valence-corrected chi connectivity index (χ3v) is 3.10. The number of nitrogens with zero attached hydrogens (tertiary/aromatic N) is 3. The normalized spacial score (nSPS) is 13.4. The Bertz CT molecular complexity index is 634. The lowest BCUT2D eigenvalue weighted by Crippen LogP contribution is -2.17. The topological polar surface area (TPSA) is 73.4 Å². The quantitative estimate of drug-likeness (QED) is 0.891. The molecule has 2 aromatic rings. The highest BCUT2D eigenvalue weighted by molar-refractivity contribution is 6.04. The molecule has 1 aliphatic rings. The monoisotopic (exact) mass is 254 g/mol. The number of aliphatic imine (C=N–C) groups is 1. The molecule has 0 amide bonds. The van der Waals surface area contributed by atoms with E-state index >= 15 is 0 Å². The number of ether oxygens (including phenoxy) is 1. The van der Waals surface area contributed by atoms with Gasteiger partial charge >= 0.3 is 0 Å². The molecule has 19 heavy (non-hydrogen) atoms. The van der Waals surface area contributed by atoms with E-state index in [1.807, 2.05) is 12.1 Å². The lowest BCUT2D eigenvalue weighted by Gasteiger charge is -2.16. The number of nitrogen functional groups attached to an aromatic ring is 1. The third-order valence-electron chi connectivity index (χ3n) is 3.10. The van der Waals surface area contributed by atoms with Crippen molar-refractivity contribution in [2.75, 3.05) is 12.3 Å². The number of aromatic nitrogens is 2. The largest absolute Gasteiger partial charge is 0.469 e. The molecule has 0 saturated carbocycles. The number of benzene rings is 1. The SMILES string of the molecule is CCc1ccc(C2=Nc3c(N)ncnc3OC2)cc1. The Morgan fingerprint density at radius 2 is 2.00 bits per heavy atom. The predicted molar refractivity (Wildman–Crippen MR) is 74.0 cm³/mol. The molecule has 96 valence electrons. The molecule has 1 aromatic heterocycles. The van der Waals surface area contributed by atoms with Crippen molar-refractivity contribution in [3.8, 4) is 5.88 Å². The molecule has 0 atom stereocenters. The standard InChI is InChI=1S/C14H14N4O/c1-2-9-3-5-10(6-4-9)11-7-19-14-12(18-11)13(15)16-8-17-14/h3-6,8H,2,7H2,1H3,(H2,15,16,17). The smallest absolute Gasteiger partial charge is 0.245 e. The van der Waals surface area contributed by atoms with Gasteiger partial charge in [-0.25, -0.2) is 9.98 Å². The van der Waals surface area contributed by atoms with Crippen molar-refractivity contribution in [2.24, 2.45) is 4.99 Å². The summed E-state index contributed by atoms with van der Waals surface area (Å²) < 4.78 is 5.57. The summed E-state index contributed by atoms with van der Waals surface area (Å²) in [6.07, 6.45) is 2.40. The average Bonchev–Trinajstić information content (AvgIpc) is 2.47. The summed E-state index contributed by atoms with van der Waals surface area (Å²) in [4.78, 5) is 12.5. The molecule has 0 radical (unpaired) electrons. The molecule has 5 heteroatoms. The van der Waals surface area contributed by atoms with Gasteiger partial charge in [0.05, 0.1) is 5.71 Å². The van der Waals surface area contributed by atoms with Gasteiger partial charge in [0.2, 0.25) is 5.88 Å². The first-order valence-electron chi connectivity index (χ1n) is 6.18. The van der Waals surface area contributed by atoms with Crippen molar-refractivity contribution >= 4 is 17.2 Å². The van der Waals surface area contributed by atoms with Gasteiger partial charge < -0.3 is 10.5 Å². The lowest BCUT2D eigenvalue weighted by atomic mass is 10.1. The van der Waals surface area contributed by atoms with Crippen LogP contribution in [0.5, 0.6) is 5.88 Å². The highest BCUT2D eigenvalue weighted by atomic mass is 16.5. The second kappa shape index (κ2) is 4.68. The Hall–Kier alpha value is -2.43. The Morgan fingerprint density at radius 1 is 1.21 bits per heavy atom. The highest BCUT2D eigenvalue weighted by Crippen LogP contribution is 2.33. The van der Waals surface area contributed by atoms with Crippen LogP contribution in [0, 0.1) is 0 Å². The Balaban J connectivity index is 2.00. The molecule has 3 rings (SSSR count). The minimum atomic E-state index is 0.340. The van der Waals surface area contributed by atoms with Gasteiger partial charge in [-0.05, 0) is 17.5 Å². The Kier molecular flexibility index (Phi) is 2.87. The maximum absolute atomic E-state index is 5.79. The highest BCUT2D eigenvalue weighted by Gasteiger charge is 2.18. The van der Waals surface area contributed by atoms with Crippen LogP contribution in [-0.2, 0) is 6.42 Å². The first-order chi connectivity index (χ1) is 9.28. The van der Waals surface area contributed by atoms with E-state index in [2.05, 4.69) is 34.0 Å². The molecule has 1 aliphatic heterocycles. The second-order valence-electron chi connectivity index (χ2n) is 4.31. The van der Waals surface area contributed by atoms with Crippen molar-refractivity contribution < 1.29 is 4.74 Å². The van der Waals surface area contributed by atoms with Gasteiger partial charge in [0.1, 0.15) is 12.9 Å². The van der Waals surface area contributed by atoms with E-state index in [9.17, 15) is 0 Å². The summed E-state index contributed by atoms with van der Waals surface area (Å²) in [7, 11) is 0. The van der Waals surface area contributed by atoms with Crippen LogP contribution in [0.2, 0.25) is 0 Å². The fourth-order valence-corrected chi connectivity index (χ4v) is 1.97. The Morgan fingerprint density at radius 3 is 2.74 bits per heavy atom. The van der Waals surface area contributed by atoms with Crippen LogP contribution in [-0.4, -0.2) is 22.3 Å². The van der Waals surface area contributed by atoms with Gasteiger partial charge in [-0.2, -0.15) is 4.98 Å². The lowest BCUT2D eigenvalue weighted by molar-refractivity contribution is 0.357. The molecular weight excluding hydrogens is 240 g/mol. The van der Waals surface area contributed by atoms with E-state index < -0.39 is 0 Å². The maximum Gasteiger partial charge on any atom is 0.245 e. The second-order valence-corrected chi connectivity index (χ2v) is 4.31. The maximum atomic E-state index is 5.79. The third kappa shape index (κ3) is 2.14. The van der Waals surface area contributed by atoms with Crippen LogP contribution >= 0.6 is 0 Å². The summed E-state index contributed by atoms with van der Waals surface area (Å²) in [5.41, 5.74) is 9.48. The molecule has 0 unspecified atom stereocenters. The van der Waals surface area contributed by atoms with E-state index in [4.69, 9.17) is 10.5 Å². The fraction of sp³-hybridized carbons (Fsp3) is 0.214. The van der Waals surface area contributed by atoms with Gasteiger partial charge in [-0.1, -0.05) is 31.2 Å². The molecule has 2 heterocycles. The molecular formula is C14H14N4O. The summed E-state index contributed by atoms with van der Waals surface area (Å²) in [5.74, 6) is 0.786. The first kappa shape index (κ1) is 11.6. The van der Waals surface area contributed by atoms with Crippen LogP contribution < -0.4 is 10.5 Å². The summed E-state index contributed by atoms with van der Waals surface area (Å²) >= 11 is 0. The van der Waals surface area contributed by atoms with Gasteiger partial charge in [0.25, 0.3) is 0 Å². The summed E-state index contributed by atoms with van der Waals surface area (Å²) in [6, 6.07) is 8.29. The van der Waals surface area contributed by atoms with Crippen molar-refractivity contribution in [3.63, 3.8) is 0 Å². The van der Waals surface area contributed by atoms with E-state index in [1.165, 1.54) is 11.9 Å². The number of fused-ring (bicyclic) bond motifs is 1. The van der Waals surface area contributed by atoms with E-state index in [1.54, 1.807) is 0 Å². The number of aryl methyl sites for hydroxylation is 1. The van der Waals surface area contributed by atoms with E-state index in [-0.39, 0.29) is 0 Å². The average molecular weight is 254 g/mol. The molecule has 0 spiro atoms. The number of anilines is 1. The van der Waals surface area contributed by atoms with Gasteiger partial charge in [-0.3, -0.25) is 0 Å². The number of nitrogens with two attached hydrogens (primary N) is 1. The van der Waals surface area contributed by atoms with E-state index in [0.29, 0.717) is 24.0 Å². The molecule has 2 N–H and O–H groups in total. The summed E-state index contributed by atoms with van der Waals surface area (Å²) in [5, 5.41) is 0. The number of rotatable bonds is 2. The molecule has 0 bridgehead atoms. The fourth-order valence-electron chi connectivity index (χ4n) is 1.97. The zero-order chi connectivity index (χ0) is 13.2. The minimum absolute atomic E-state index is 0.340. The van der Waals surface area contributed by atoms with Gasteiger partial charge in [-0.15, -0.1) is 0 Å². The van der Waals surface area contributed by atoms with Crippen LogP contribution in [0.4, 0.5) is 11.5 Å². The van der Waals surface area contributed by atoms with Gasteiger partial charge in [0.15, 0.2) is 11.5 Å². The van der Waals surface area contributed by atoms with Crippen LogP contribution in [0.25, 0.3) is 0 Å². The van der Waals surface area contributed by atoms with Crippen molar-refractivity contribution in [2.45, 2.75) is 13.3 Å². The minimum Gasteiger partial charge on any atom is -0.469 e. The van der Waals surface area contributed by atoms with Crippen molar-refractivity contribution in [1.29, 1.82) is 0 Å². The van der Waals surface area contributed by atoms with Crippen molar-refractivity contribution in [3.05, 3.63) is 41.7 Å². The summed E-state index contributed by atoms with van der Waals surface area (Å²) in [6.45, 7) is 2.53. The van der Waals surface area contributed by atoms with Crippen molar-refractivity contribution in [1.82, 2.24) is 9.97 Å². The molecule has 1 aromatic carbocycles. The van der Waals surface area contributed by atoms with E-state index in [0.717, 1.165) is 17.7 Å². The predicted octanol–water partition coefficient (Wildman–Crippen LogP) is 2.13. The van der Waals surface area contributed by atoms with Gasteiger partial charge in [0, 0.05) is 0 Å². The molecule has 0 fully saturated rings. The molecule has 0 saturated heterocycles. The molecule has 0 aliphatic carbocycles. The zero-order valence-corrected chi connectivity index (χ0v) is 10.6. The molecule has 5 nitrogen and oxygen atoms in total.